The summed E-state index contributed by atoms with van der Waals surface area (Å²) in [6, 6.07) is 0. The molecule has 0 saturated heterocycles. The molecule has 0 saturated carbocycles. The molecule has 0 fully saturated rings. The van der Waals surface area contributed by atoms with Crippen molar-refractivity contribution in [3.05, 3.63) is 11.8 Å². The van der Waals surface area contributed by atoms with Crippen LogP contribution in [-0.4, -0.2) is 12.0 Å². The van der Waals surface area contributed by atoms with Crippen LogP contribution >= 0.6 is 0 Å². The quantitative estimate of drug-likeness (QED) is 0.539. The molecule has 0 bridgehead atoms. The molecule has 0 amide bonds. The molecule has 0 spiro atoms. The Morgan fingerprint density at radius 3 is 2.70 bits per heavy atom. The summed E-state index contributed by atoms with van der Waals surface area (Å²) in [5.74, 6) is 0.523. The summed E-state index contributed by atoms with van der Waals surface area (Å²) in [6.45, 7) is 4.01. The number of hydrogen-bond acceptors (Lipinski definition) is 2. The highest BCUT2D eigenvalue weighted by molar-refractivity contribution is 6.05. The molecule has 0 aromatic rings. The van der Waals surface area contributed by atoms with Gasteiger partial charge in [-0.15, -0.1) is 0 Å². The lowest BCUT2D eigenvalue weighted by Gasteiger charge is -2.09. The molecule has 0 N–H and O–H groups in total. The number of Topliss-reactive ketones (excluding diaryl/α,β-unsaturated/α-hetero) is 1. The molecular weight excluding hydrogens is 126 g/mol. The predicted octanol–water partition coefficient (Wildman–Crippen LogP) is 1.57. The highest BCUT2D eigenvalue weighted by Gasteiger charge is 2.13. The van der Waals surface area contributed by atoms with E-state index >= 15 is 0 Å². The summed E-state index contributed by atoms with van der Waals surface area (Å²) in [6.07, 6.45) is 3.79. The summed E-state index contributed by atoms with van der Waals surface area (Å²) in [4.78, 5) is 15.0. The molecule has 2 heteroatoms. The normalized spacial score (nSPS) is 17.9. The maximum absolute atomic E-state index is 11.1. The van der Waals surface area contributed by atoms with Gasteiger partial charge in [-0.1, -0.05) is 13.8 Å². The van der Waals surface area contributed by atoms with Crippen LogP contribution in [0.4, 0.5) is 0 Å². The van der Waals surface area contributed by atoms with Crippen LogP contribution in [-0.2, 0) is 4.79 Å². The fourth-order valence-electron chi connectivity index (χ4n) is 0.930. The zero-order valence-corrected chi connectivity index (χ0v) is 6.29. The Bertz CT molecular complexity index is 201. The third kappa shape index (κ3) is 1.32. The van der Waals surface area contributed by atoms with Crippen LogP contribution in [0.1, 0.15) is 20.3 Å². The molecule has 0 atom stereocenters. The summed E-state index contributed by atoms with van der Waals surface area (Å²) >= 11 is 0. The minimum atomic E-state index is 0.213. The third-order valence-corrected chi connectivity index (χ3v) is 1.54. The van der Waals surface area contributed by atoms with E-state index in [-0.39, 0.29) is 5.78 Å². The van der Waals surface area contributed by atoms with Crippen molar-refractivity contribution in [2.24, 2.45) is 10.9 Å². The standard InChI is InChI=1S/C8H11NO/c1-6(2)7-5-9-4-3-8(7)10/h4-6H,3H2,1-2H3. The maximum Gasteiger partial charge on any atom is 0.165 e. The minimum Gasteiger partial charge on any atom is -0.294 e. The second-order valence-corrected chi connectivity index (χ2v) is 2.70. The number of rotatable bonds is 1. The molecule has 0 aromatic heterocycles. The van der Waals surface area contributed by atoms with Gasteiger partial charge in [0, 0.05) is 24.4 Å². The number of carbonyl (C=O) groups excluding carboxylic acids is 1. The summed E-state index contributed by atoms with van der Waals surface area (Å²) < 4.78 is 0. The molecule has 10 heavy (non-hydrogen) atoms. The number of hydrogen-bond donors (Lipinski definition) is 0. The van der Waals surface area contributed by atoms with Gasteiger partial charge in [0.2, 0.25) is 0 Å². The predicted molar refractivity (Wildman–Crippen MR) is 41.0 cm³/mol. The van der Waals surface area contributed by atoms with Crippen molar-refractivity contribution in [1.29, 1.82) is 0 Å². The summed E-state index contributed by atoms with van der Waals surface area (Å²) in [7, 11) is 0. The van der Waals surface area contributed by atoms with Gasteiger partial charge < -0.3 is 0 Å². The molecule has 1 aliphatic heterocycles. The van der Waals surface area contributed by atoms with Gasteiger partial charge in [0.25, 0.3) is 0 Å². The Hall–Kier alpha value is -0.920. The Balaban J connectivity index is 2.80. The van der Waals surface area contributed by atoms with Crippen molar-refractivity contribution in [2.45, 2.75) is 20.3 Å². The molecule has 1 heterocycles. The number of allylic oxidation sites excluding steroid dienone is 1. The van der Waals surface area contributed by atoms with E-state index in [1.54, 1.807) is 12.4 Å². The molecule has 0 aromatic carbocycles. The Kier molecular flexibility index (Phi) is 2.00. The Labute approximate surface area is 60.7 Å². The smallest absolute Gasteiger partial charge is 0.165 e. The topological polar surface area (TPSA) is 29.4 Å². The molecule has 1 rings (SSSR count). The third-order valence-electron chi connectivity index (χ3n) is 1.54. The lowest BCUT2D eigenvalue weighted by atomic mass is 9.97. The van der Waals surface area contributed by atoms with Crippen molar-refractivity contribution in [1.82, 2.24) is 0 Å². The number of carbonyl (C=O) groups is 1. The van der Waals surface area contributed by atoms with Crippen LogP contribution in [0.5, 0.6) is 0 Å². The molecule has 1 aliphatic rings. The van der Waals surface area contributed by atoms with Crippen molar-refractivity contribution in [3.8, 4) is 0 Å². The second-order valence-electron chi connectivity index (χ2n) is 2.70. The van der Waals surface area contributed by atoms with Crippen LogP contribution in [0.3, 0.4) is 0 Å². The minimum absolute atomic E-state index is 0.213. The fraction of sp³-hybridized carbons (Fsp3) is 0.500. The Morgan fingerprint density at radius 1 is 1.60 bits per heavy atom. The van der Waals surface area contributed by atoms with Crippen molar-refractivity contribution in [3.63, 3.8) is 0 Å². The molecular formula is C8H11NO. The van der Waals surface area contributed by atoms with Gasteiger partial charge >= 0.3 is 0 Å². The van der Waals surface area contributed by atoms with Crippen LogP contribution in [0.15, 0.2) is 16.8 Å². The number of nitrogens with zero attached hydrogens (tertiary/aromatic N) is 1. The van der Waals surface area contributed by atoms with Crippen molar-refractivity contribution < 1.29 is 4.79 Å². The Morgan fingerprint density at radius 2 is 2.30 bits per heavy atom. The van der Waals surface area contributed by atoms with E-state index in [0.29, 0.717) is 12.3 Å². The van der Waals surface area contributed by atoms with Crippen molar-refractivity contribution in [2.75, 3.05) is 0 Å². The molecule has 54 valence electrons. The van der Waals surface area contributed by atoms with Gasteiger partial charge in [0.15, 0.2) is 5.78 Å². The van der Waals surface area contributed by atoms with E-state index in [4.69, 9.17) is 0 Å². The average Bonchev–Trinajstić information content (AvgIpc) is 1.88. The average molecular weight is 137 g/mol. The summed E-state index contributed by atoms with van der Waals surface area (Å²) in [5, 5.41) is 0. The fourth-order valence-corrected chi connectivity index (χ4v) is 0.930. The molecule has 0 unspecified atom stereocenters. The van der Waals surface area contributed by atoms with E-state index < -0.39 is 0 Å². The van der Waals surface area contributed by atoms with Crippen LogP contribution < -0.4 is 0 Å². The van der Waals surface area contributed by atoms with E-state index in [1.807, 2.05) is 13.8 Å². The molecule has 0 radical (unpaired) electrons. The van der Waals surface area contributed by atoms with Gasteiger partial charge in [0.05, 0.1) is 0 Å². The summed E-state index contributed by atoms with van der Waals surface area (Å²) in [5.41, 5.74) is 0.850. The van der Waals surface area contributed by atoms with Gasteiger partial charge in [0.1, 0.15) is 0 Å². The van der Waals surface area contributed by atoms with Crippen LogP contribution in [0.2, 0.25) is 0 Å². The van der Waals surface area contributed by atoms with Gasteiger partial charge in [-0.05, 0) is 5.92 Å². The lowest BCUT2D eigenvalue weighted by molar-refractivity contribution is -0.114. The zero-order valence-electron chi connectivity index (χ0n) is 6.29. The SMILES string of the molecule is CC(C)C1=CN=CCC1=O. The van der Waals surface area contributed by atoms with Crippen molar-refractivity contribution >= 4 is 12.0 Å². The number of ketones is 1. The first kappa shape index (κ1) is 7.19. The highest BCUT2D eigenvalue weighted by atomic mass is 16.1. The van der Waals surface area contributed by atoms with Crippen LogP contribution in [0.25, 0.3) is 0 Å². The van der Waals surface area contributed by atoms with E-state index in [1.165, 1.54) is 0 Å². The van der Waals surface area contributed by atoms with E-state index in [0.717, 1.165) is 5.57 Å². The van der Waals surface area contributed by atoms with Gasteiger partial charge in [-0.2, -0.15) is 0 Å². The lowest BCUT2D eigenvalue weighted by Crippen LogP contribution is -2.11. The first-order valence-corrected chi connectivity index (χ1v) is 3.46. The van der Waals surface area contributed by atoms with E-state index in [9.17, 15) is 4.79 Å². The molecule has 0 aliphatic carbocycles. The maximum atomic E-state index is 11.1. The largest absolute Gasteiger partial charge is 0.294 e. The first-order chi connectivity index (χ1) is 4.72. The molecule has 2 nitrogen and oxygen atoms in total. The van der Waals surface area contributed by atoms with Gasteiger partial charge in [-0.25, -0.2) is 0 Å². The second kappa shape index (κ2) is 2.78. The van der Waals surface area contributed by atoms with E-state index in [2.05, 4.69) is 4.99 Å². The number of aliphatic imine (C=N–C) groups is 1. The monoisotopic (exact) mass is 137 g/mol. The van der Waals surface area contributed by atoms with Crippen LogP contribution in [0, 0.1) is 5.92 Å². The first-order valence-electron chi connectivity index (χ1n) is 3.46. The van der Waals surface area contributed by atoms with Gasteiger partial charge in [-0.3, -0.25) is 9.79 Å². The zero-order chi connectivity index (χ0) is 7.56. The highest BCUT2D eigenvalue weighted by Crippen LogP contribution is 2.14.